The third-order valence-corrected chi connectivity index (χ3v) is 2.76. The van der Waals surface area contributed by atoms with E-state index < -0.39 is 0 Å². The maximum absolute atomic E-state index is 11.3. The molecule has 0 spiro atoms. The molecule has 1 amide bonds. The SMILES string of the molecule is CCN(CCCO)Cc1ccccc1C(N)=O. The third kappa shape index (κ3) is 4.17. The summed E-state index contributed by atoms with van der Waals surface area (Å²) in [5, 5.41) is 8.82. The summed E-state index contributed by atoms with van der Waals surface area (Å²) in [6.45, 7) is 4.64. The van der Waals surface area contributed by atoms with Gasteiger partial charge in [0.2, 0.25) is 5.91 Å². The average molecular weight is 236 g/mol. The van der Waals surface area contributed by atoms with E-state index in [1.54, 1.807) is 6.07 Å². The zero-order valence-electron chi connectivity index (χ0n) is 10.2. The maximum atomic E-state index is 11.3. The number of carbonyl (C=O) groups is 1. The first-order chi connectivity index (χ1) is 8.19. The highest BCUT2D eigenvalue weighted by atomic mass is 16.3. The van der Waals surface area contributed by atoms with Gasteiger partial charge in [0.25, 0.3) is 0 Å². The molecule has 1 aromatic carbocycles. The van der Waals surface area contributed by atoms with E-state index in [1.807, 2.05) is 18.2 Å². The first-order valence-electron chi connectivity index (χ1n) is 5.90. The van der Waals surface area contributed by atoms with Gasteiger partial charge in [-0.15, -0.1) is 0 Å². The number of nitrogens with zero attached hydrogens (tertiary/aromatic N) is 1. The second-order valence-electron chi connectivity index (χ2n) is 3.97. The van der Waals surface area contributed by atoms with Gasteiger partial charge in [0.1, 0.15) is 0 Å². The lowest BCUT2D eigenvalue weighted by Crippen LogP contribution is -2.26. The van der Waals surface area contributed by atoms with Crippen LogP contribution in [-0.2, 0) is 6.54 Å². The summed E-state index contributed by atoms with van der Waals surface area (Å²) in [5.41, 5.74) is 6.86. The first kappa shape index (κ1) is 13.7. The minimum Gasteiger partial charge on any atom is -0.396 e. The molecule has 0 saturated heterocycles. The van der Waals surface area contributed by atoms with Crippen LogP contribution in [0.15, 0.2) is 24.3 Å². The number of primary amides is 1. The van der Waals surface area contributed by atoms with Crippen molar-refractivity contribution >= 4 is 5.91 Å². The first-order valence-corrected chi connectivity index (χ1v) is 5.90. The predicted molar refractivity (Wildman–Crippen MR) is 67.6 cm³/mol. The average Bonchev–Trinajstić information content (AvgIpc) is 2.34. The minimum atomic E-state index is -0.390. The number of rotatable bonds is 7. The molecule has 0 radical (unpaired) electrons. The summed E-state index contributed by atoms with van der Waals surface area (Å²) in [4.78, 5) is 13.4. The van der Waals surface area contributed by atoms with Gasteiger partial charge in [-0.3, -0.25) is 9.69 Å². The third-order valence-electron chi connectivity index (χ3n) is 2.76. The number of aliphatic hydroxyl groups excluding tert-OH is 1. The minimum absolute atomic E-state index is 0.188. The smallest absolute Gasteiger partial charge is 0.249 e. The quantitative estimate of drug-likeness (QED) is 0.742. The molecular formula is C13H20N2O2. The largest absolute Gasteiger partial charge is 0.396 e. The lowest BCUT2D eigenvalue weighted by atomic mass is 10.1. The molecule has 0 saturated carbocycles. The van der Waals surface area contributed by atoms with Crippen molar-refractivity contribution in [2.24, 2.45) is 5.73 Å². The summed E-state index contributed by atoms with van der Waals surface area (Å²) in [6, 6.07) is 7.38. The molecule has 17 heavy (non-hydrogen) atoms. The molecule has 1 aromatic rings. The van der Waals surface area contributed by atoms with Crippen molar-refractivity contribution in [2.45, 2.75) is 19.9 Å². The molecule has 0 atom stereocenters. The second kappa shape index (κ2) is 7.04. The summed E-state index contributed by atoms with van der Waals surface area (Å²) < 4.78 is 0. The zero-order chi connectivity index (χ0) is 12.7. The number of hydrogen-bond acceptors (Lipinski definition) is 3. The van der Waals surface area contributed by atoms with Gasteiger partial charge in [0.15, 0.2) is 0 Å². The molecule has 4 nitrogen and oxygen atoms in total. The van der Waals surface area contributed by atoms with Gasteiger partial charge in [0, 0.05) is 25.3 Å². The number of benzene rings is 1. The van der Waals surface area contributed by atoms with Crippen LogP contribution in [0, 0.1) is 0 Å². The van der Waals surface area contributed by atoms with E-state index >= 15 is 0 Å². The van der Waals surface area contributed by atoms with Crippen molar-refractivity contribution in [1.29, 1.82) is 0 Å². The molecule has 0 aliphatic carbocycles. The normalized spacial score (nSPS) is 10.8. The zero-order valence-corrected chi connectivity index (χ0v) is 10.2. The van der Waals surface area contributed by atoms with Crippen LogP contribution in [0.4, 0.5) is 0 Å². The molecule has 0 aromatic heterocycles. The van der Waals surface area contributed by atoms with E-state index in [9.17, 15) is 4.79 Å². The highest BCUT2D eigenvalue weighted by Gasteiger charge is 2.10. The van der Waals surface area contributed by atoms with Crippen molar-refractivity contribution in [3.63, 3.8) is 0 Å². The van der Waals surface area contributed by atoms with Crippen LogP contribution < -0.4 is 5.73 Å². The van der Waals surface area contributed by atoms with E-state index in [0.29, 0.717) is 12.1 Å². The maximum Gasteiger partial charge on any atom is 0.249 e. The van der Waals surface area contributed by atoms with E-state index in [1.165, 1.54) is 0 Å². The fourth-order valence-electron chi connectivity index (χ4n) is 1.78. The Morgan fingerprint density at radius 2 is 2.12 bits per heavy atom. The standard InChI is InChI=1S/C13H20N2O2/c1-2-15(8-5-9-16)10-11-6-3-4-7-12(11)13(14)17/h3-4,6-7,16H,2,5,8-10H2,1H3,(H2,14,17). The Morgan fingerprint density at radius 1 is 1.41 bits per heavy atom. The second-order valence-corrected chi connectivity index (χ2v) is 3.97. The van der Waals surface area contributed by atoms with Gasteiger partial charge in [0.05, 0.1) is 0 Å². The van der Waals surface area contributed by atoms with Crippen molar-refractivity contribution in [3.8, 4) is 0 Å². The van der Waals surface area contributed by atoms with Crippen LogP contribution in [0.1, 0.15) is 29.3 Å². The molecular weight excluding hydrogens is 216 g/mol. The molecule has 0 unspecified atom stereocenters. The monoisotopic (exact) mass is 236 g/mol. The molecule has 3 N–H and O–H groups in total. The van der Waals surface area contributed by atoms with Gasteiger partial charge < -0.3 is 10.8 Å². The molecule has 0 aliphatic rings. The van der Waals surface area contributed by atoms with Gasteiger partial charge in [-0.25, -0.2) is 0 Å². The Bertz CT molecular complexity index is 366. The van der Waals surface area contributed by atoms with Crippen molar-refractivity contribution in [2.75, 3.05) is 19.7 Å². The van der Waals surface area contributed by atoms with Crippen LogP contribution >= 0.6 is 0 Å². The Morgan fingerprint density at radius 3 is 2.71 bits per heavy atom. The van der Waals surface area contributed by atoms with Crippen LogP contribution in [0.5, 0.6) is 0 Å². The summed E-state index contributed by atoms with van der Waals surface area (Å²) in [6.07, 6.45) is 0.743. The van der Waals surface area contributed by atoms with E-state index in [-0.39, 0.29) is 12.5 Å². The summed E-state index contributed by atoms with van der Waals surface area (Å²) in [5.74, 6) is -0.390. The molecule has 4 heteroatoms. The van der Waals surface area contributed by atoms with E-state index in [4.69, 9.17) is 10.8 Å². The van der Waals surface area contributed by atoms with Crippen molar-refractivity contribution in [3.05, 3.63) is 35.4 Å². The molecule has 94 valence electrons. The van der Waals surface area contributed by atoms with Crippen LogP contribution in [0.3, 0.4) is 0 Å². The van der Waals surface area contributed by atoms with E-state index in [2.05, 4.69) is 11.8 Å². The van der Waals surface area contributed by atoms with Crippen molar-refractivity contribution in [1.82, 2.24) is 4.90 Å². The fourth-order valence-corrected chi connectivity index (χ4v) is 1.78. The summed E-state index contributed by atoms with van der Waals surface area (Å²) >= 11 is 0. The van der Waals surface area contributed by atoms with Crippen LogP contribution in [0.2, 0.25) is 0 Å². The highest BCUT2D eigenvalue weighted by molar-refractivity contribution is 5.94. The molecule has 0 aliphatic heterocycles. The number of carbonyl (C=O) groups excluding carboxylic acids is 1. The van der Waals surface area contributed by atoms with Crippen LogP contribution in [0.25, 0.3) is 0 Å². The molecule has 0 bridgehead atoms. The highest BCUT2D eigenvalue weighted by Crippen LogP contribution is 2.11. The Balaban J connectivity index is 2.75. The van der Waals surface area contributed by atoms with Gasteiger partial charge >= 0.3 is 0 Å². The Hall–Kier alpha value is -1.39. The number of nitrogens with two attached hydrogens (primary N) is 1. The Labute approximate surface area is 102 Å². The summed E-state index contributed by atoms with van der Waals surface area (Å²) in [7, 11) is 0. The van der Waals surface area contributed by atoms with E-state index in [0.717, 1.165) is 25.1 Å². The lowest BCUT2D eigenvalue weighted by molar-refractivity contribution is 0.0998. The molecule has 0 heterocycles. The van der Waals surface area contributed by atoms with Gasteiger partial charge in [-0.1, -0.05) is 25.1 Å². The molecule has 1 rings (SSSR count). The van der Waals surface area contributed by atoms with Crippen LogP contribution in [-0.4, -0.2) is 35.6 Å². The lowest BCUT2D eigenvalue weighted by Gasteiger charge is -2.21. The van der Waals surface area contributed by atoms with Crippen molar-refractivity contribution < 1.29 is 9.90 Å². The fraction of sp³-hybridized carbons (Fsp3) is 0.462. The Kier molecular flexibility index (Phi) is 5.66. The molecule has 0 fully saturated rings. The number of aliphatic hydroxyl groups is 1. The van der Waals surface area contributed by atoms with Gasteiger partial charge in [-0.2, -0.15) is 0 Å². The topological polar surface area (TPSA) is 66.6 Å². The number of amides is 1. The number of hydrogen-bond donors (Lipinski definition) is 2. The predicted octanol–water partition coefficient (Wildman–Crippen LogP) is 0.990. The van der Waals surface area contributed by atoms with Gasteiger partial charge in [-0.05, 0) is 24.6 Å².